The Labute approximate surface area is 179 Å². The molecule has 0 amide bonds. The van der Waals surface area contributed by atoms with Crippen molar-refractivity contribution in [1.29, 1.82) is 0 Å². The number of hydrogen-bond donors (Lipinski definition) is 2. The smallest absolute Gasteiger partial charge is 0.225 e. The molecule has 10 heteroatoms. The highest BCUT2D eigenvalue weighted by molar-refractivity contribution is 14.0. The van der Waals surface area contributed by atoms with Crippen LogP contribution in [0.4, 0.5) is 5.95 Å². The monoisotopic (exact) mass is 508 g/mol. The number of aliphatic imine (C=N–C) groups is 1. The zero-order chi connectivity index (χ0) is 17.6. The second-order valence-electron chi connectivity index (χ2n) is 5.61. The number of piperazine rings is 1. The predicted octanol–water partition coefficient (Wildman–Crippen LogP) is 2.24. The van der Waals surface area contributed by atoms with Crippen molar-refractivity contribution in [2.45, 2.75) is 6.10 Å². The topological polar surface area (TPSA) is 76.9 Å². The van der Waals surface area contributed by atoms with Gasteiger partial charge in [0.2, 0.25) is 5.95 Å². The zero-order valence-electron chi connectivity index (χ0n) is 14.4. The van der Waals surface area contributed by atoms with Crippen LogP contribution in [0.3, 0.4) is 0 Å². The van der Waals surface area contributed by atoms with Gasteiger partial charge >= 0.3 is 0 Å². The molecule has 0 radical (unpaired) electrons. The molecule has 0 aliphatic carbocycles. The summed E-state index contributed by atoms with van der Waals surface area (Å²) in [6.45, 7) is 3.69. The van der Waals surface area contributed by atoms with Crippen LogP contribution >= 0.6 is 46.9 Å². The van der Waals surface area contributed by atoms with Crippen LogP contribution in [0.15, 0.2) is 35.6 Å². The van der Waals surface area contributed by atoms with Gasteiger partial charge in [0.15, 0.2) is 5.96 Å². The van der Waals surface area contributed by atoms with Crippen molar-refractivity contribution in [1.82, 2.24) is 20.2 Å². The Morgan fingerprint density at radius 3 is 2.58 bits per heavy atom. The fraction of sp³-hybridized carbons (Fsp3) is 0.438. The standard InChI is InChI=1S/C16H21ClN6OS.HI/c1-18-15(21-11-12(24)13-3-4-14(17)25-13)22-7-9-23(10-8-22)16-19-5-2-6-20-16;/h2-6,12,24H,7-11H2,1H3,(H,18,21);1H. The molecule has 0 saturated carbocycles. The Morgan fingerprint density at radius 2 is 2.00 bits per heavy atom. The molecule has 142 valence electrons. The molecule has 1 unspecified atom stereocenters. The van der Waals surface area contributed by atoms with E-state index in [-0.39, 0.29) is 24.0 Å². The van der Waals surface area contributed by atoms with E-state index in [9.17, 15) is 5.11 Å². The number of guanidine groups is 1. The summed E-state index contributed by atoms with van der Waals surface area (Å²) >= 11 is 7.31. The van der Waals surface area contributed by atoms with Gasteiger partial charge in [-0.2, -0.15) is 0 Å². The van der Waals surface area contributed by atoms with E-state index in [0.29, 0.717) is 10.9 Å². The number of nitrogens with one attached hydrogen (secondary N) is 1. The van der Waals surface area contributed by atoms with E-state index >= 15 is 0 Å². The second kappa shape index (κ2) is 10.2. The predicted molar refractivity (Wildman–Crippen MR) is 117 cm³/mol. The molecule has 0 bridgehead atoms. The van der Waals surface area contributed by atoms with Crippen molar-refractivity contribution in [3.8, 4) is 0 Å². The lowest BCUT2D eigenvalue weighted by Gasteiger charge is -2.36. The minimum Gasteiger partial charge on any atom is -0.386 e. The van der Waals surface area contributed by atoms with Crippen LogP contribution in [-0.4, -0.2) is 65.7 Å². The number of aromatic nitrogens is 2. The minimum absolute atomic E-state index is 0. The number of rotatable bonds is 4. The van der Waals surface area contributed by atoms with Crippen molar-refractivity contribution in [2.24, 2.45) is 4.99 Å². The largest absolute Gasteiger partial charge is 0.386 e. The lowest BCUT2D eigenvalue weighted by Crippen LogP contribution is -2.53. The molecular weight excluding hydrogens is 487 g/mol. The Morgan fingerprint density at radius 1 is 1.31 bits per heavy atom. The second-order valence-corrected chi connectivity index (χ2v) is 7.36. The molecule has 1 aliphatic heterocycles. The number of aliphatic hydroxyl groups excluding tert-OH is 1. The maximum absolute atomic E-state index is 10.3. The summed E-state index contributed by atoms with van der Waals surface area (Å²) in [4.78, 5) is 18.1. The lowest BCUT2D eigenvalue weighted by molar-refractivity contribution is 0.183. The first kappa shape index (κ1) is 21.1. The third kappa shape index (κ3) is 5.41. The molecule has 7 nitrogen and oxygen atoms in total. The summed E-state index contributed by atoms with van der Waals surface area (Å²) in [5.74, 6) is 1.55. The van der Waals surface area contributed by atoms with Gasteiger partial charge in [-0.25, -0.2) is 9.97 Å². The van der Waals surface area contributed by atoms with E-state index < -0.39 is 6.10 Å². The molecule has 26 heavy (non-hydrogen) atoms. The van der Waals surface area contributed by atoms with Crippen molar-refractivity contribution < 1.29 is 5.11 Å². The molecule has 0 spiro atoms. The molecular formula is C16H22ClIN6OS. The molecule has 2 aromatic rings. The first-order valence-corrected chi connectivity index (χ1v) is 9.27. The third-order valence-electron chi connectivity index (χ3n) is 4.00. The highest BCUT2D eigenvalue weighted by Gasteiger charge is 2.21. The van der Waals surface area contributed by atoms with Crippen LogP contribution in [0.5, 0.6) is 0 Å². The maximum Gasteiger partial charge on any atom is 0.225 e. The highest BCUT2D eigenvalue weighted by atomic mass is 127. The van der Waals surface area contributed by atoms with Gasteiger partial charge in [-0.1, -0.05) is 11.6 Å². The van der Waals surface area contributed by atoms with Gasteiger partial charge in [0, 0.05) is 57.0 Å². The summed E-state index contributed by atoms with van der Waals surface area (Å²) in [5.41, 5.74) is 0. The van der Waals surface area contributed by atoms with Crippen LogP contribution in [0.1, 0.15) is 11.0 Å². The summed E-state index contributed by atoms with van der Waals surface area (Å²) in [5, 5.41) is 13.5. The summed E-state index contributed by atoms with van der Waals surface area (Å²) in [6.07, 6.45) is 2.91. The van der Waals surface area contributed by atoms with Crippen molar-refractivity contribution in [2.75, 3.05) is 44.7 Å². The fourth-order valence-electron chi connectivity index (χ4n) is 2.70. The molecule has 1 aliphatic rings. The zero-order valence-corrected chi connectivity index (χ0v) is 18.3. The summed E-state index contributed by atoms with van der Waals surface area (Å²) < 4.78 is 0.678. The number of hydrogen-bond acceptors (Lipinski definition) is 6. The molecule has 1 saturated heterocycles. The molecule has 3 rings (SSSR count). The molecule has 2 N–H and O–H groups in total. The lowest BCUT2D eigenvalue weighted by atomic mass is 10.3. The number of anilines is 1. The van der Waals surface area contributed by atoms with Gasteiger partial charge in [0.25, 0.3) is 0 Å². The van der Waals surface area contributed by atoms with E-state index in [1.54, 1.807) is 25.5 Å². The van der Waals surface area contributed by atoms with Crippen LogP contribution in [0, 0.1) is 0 Å². The van der Waals surface area contributed by atoms with E-state index in [1.807, 2.05) is 12.1 Å². The average molecular weight is 509 g/mol. The molecule has 1 fully saturated rings. The fourth-order valence-corrected chi connectivity index (χ4v) is 3.75. The van der Waals surface area contributed by atoms with Gasteiger partial charge in [-0.3, -0.25) is 4.99 Å². The third-order valence-corrected chi connectivity index (χ3v) is 5.33. The Kier molecular flexibility index (Phi) is 8.32. The van der Waals surface area contributed by atoms with E-state index in [2.05, 4.69) is 30.1 Å². The molecule has 2 aromatic heterocycles. The van der Waals surface area contributed by atoms with E-state index in [0.717, 1.165) is 43.0 Å². The van der Waals surface area contributed by atoms with Gasteiger partial charge in [-0.15, -0.1) is 35.3 Å². The Bertz CT molecular complexity index is 708. The number of halogens is 2. The first-order chi connectivity index (χ1) is 12.2. The molecule has 3 heterocycles. The number of aliphatic hydroxyl groups is 1. The van der Waals surface area contributed by atoms with E-state index in [4.69, 9.17) is 11.6 Å². The highest BCUT2D eigenvalue weighted by Crippen LogP contribution is 2.26. The quantitative estimate of drug-likeness (QED) is 0.375. The van der Waals surface area contributed by atoms with Crippen LogP contribution < -0.4 is 10.2 Å². The average Bonchev–Trinajstić information content (AvgIpc) is 3.10. The maximum atomic E-state index is 10.3. The van der Waals surface area contributed by atoms with Crippen molar-refractivity contribution in [3.63, 3.8) is 0 Å². The van der Waals surface area contributed by atoms with Gasteiger partial charge in [0.1, 0.15) is 6.10 Å². The summed E-state index contributed by atoms with van der Waals surface area (Å²) in [7, 11) is 1.75. The Hall–Kier alpha value is -1.17. The van der Waals surface area contributed by atoms with Crippen molar-refractivity contribution in [3.05, 3.63) is 39.8 Å². The van der Waals surface area contributed by atoms with E-state index in [1.165, 1.54) is 11.3 Å². The van der Waals surface area contributed by atoms with Crippen LogP contribution in [0.2, 0.25) is 4.34 Å². The van der Waals surface area contributed by atoms with Gasteiger partial charge in [0.05, 0.1) is 4.34 Å². The SMILES string of the molecule is CN=C(NCC(O)c1ccc(Cl)s1)N1CCN(c2ncccn2)CC1.I. The first-order valence-electron chi connectivity index (χ1n) is 8.08. The normalized spacial score (nSPS) is 16.2. The van der Waals surface area contributed by atoms with Gasteiger partial charge < -0.3 is 20.2 Å². The number of nitrogens with zero attached hydrogens (tertiary/aromatic N) is 5. The summed E-state index contributed by atoms with van der Waals surface area (Å²) in [6, 6.07) is 5.46. The van der Waals surface area contributed by atoms with Crippen LogP contribution in [0.25, 0.3) is 0 Å². The van der Waals surface area contributed by atoms with Crippen LogP contribution in [-0.2, 0) is 0 Å². The Balaban J connectivity index is 0.00000243. The number of thiophene rings is 1. The molecule has 0 aromatic carbocycles. The molecule has 1 atom stereocenters. The van der Waals surface area contributed by atoms with Gasteiger partial charge in [-0.05, 0) is 18.2 Å². The minimum atomic E-state index is -0.603. The van der Waals surface area contributed by atoms with Crippen molar-refractivity contribution >= 4 is 58.8 Å².